The molecule has 152 valence electrons. The molecule has 0 saturated carbocycles. The van der Waals surface area contributed by atoms with Gasteiger partial charge in [-0.3, -0.25) is 9.89 Å². The predicted octanol–water partition coefficient (Wildman–Crippen LogP) is 2.53. The smallest absolute Gasteiger partial charge is 0.254 e. The minimum absolute atomic E-state index is 0.0265. The Labute approximate surface area is 168 Å². The lowest BCUT2D eigenvalue weighted by Gasteiger charge is -2.27. The number of benzene rings is 1. The first-order valence-corrected chi connectivity index (χ1v) is 9.71. The highest BCUT2D eigenvalue weighted by molar-refractivity contribution is 5.96. The van der Waals surface area contributed by atoms with Crippen LogP contribution in [0.2, 0.25) is 0 Å². The van der Waals surface area contributed by atoms with Crippen LogP contribution < -0.4 is 10.1 Å². The number of nitrogens with zero attached hydrogens (tertiary/aromatic N) is 4. The summed E-state index contributed by atoms with van der Waals surface area (Å²) in [6.45, 7) is 4.41. The van der Waals surface area contributed by atoms with E-state index in [1.165, 1.54) is 0 Å². The number of anilines is 2. The summed E-state index contributed by atoms with van der Waals surface area (Å²) >= 11 is 0. The Balaban J connectivity index is 1.63. The van der Waals surface area contributed by atoms with Crippen LogP contribution in [-0.2, 0) is 11.2 Å². The third kappa shape index (κ3) is 4.00. The van der Waals surface area contributed by atoms with Gasteiger partial charge in [-0.1, -0.05) is 6.92 Å². The van der Waals surface area contributed by atoms with Gasteiger partial charge in [0.1, 0.15) is 22.6 Å². The van der Waals surface area contributed by atoms with Gasteiger partial charge >= 0.3 is 0 Å². The predicted molar refractivity (Wildman–Crippen MR) is 109 cm³/mol. The first-order valence-electron chi connectivity index (χ1n) is 9.71. The largest absolute Gasteiger partial charge is 0.495 e. The number of hydrogen-bond donors (Lipinski definition) is 2. The lowest BCUT2D eigenvalue weighted by atomic mass is 10.1. The Kier molecular flexibility index (Phi) is 5.57. The molecule has 1 aromatic carbocycles. The van der Waals surface area contributed by atoms with Gasteiger partial charge in [0.15, 0.2) is 5.82 Å². The van der Waals surface area contributed by atoms with Crippen LogP contribution in [0.3, 0.4) is 0 Å². The van der Waals surface area contributed by atoms with Crippen LogP contribution in [0.15, 0.2) is 24.4 Å². The number of aromatic nitrogens is 4. The molecule has 0 bridgehead atoms. The molecule has 9 heteroatoms. The molecular weight excluding hydrogens is 372 g/mol. The number of carbonyl (C=O) groups excluding carboxylic acids is 1. The average molecular weight is 396 g/mol. The summed E-state index contributed by atoms with van der Waals surface area (Å²) in [5, 5.41) is 10.3. The molecule has 3 heterocycles. The van der Waals surface area contributed by atoms with Gasteiger partial charge in [-0.2, -0.15) is 5.10 Å². The molecule has 4 rings (SSSR count). The van der Waals surface area contributed by atoms with E-state index in [9.17, 15) is 4.79 Å². The molecule has 1 fully saturated rings. The van der Waals surface area contributed by atoms with E-state index in [1.54, 1.807) is 30.3 Å². The van der Waals surface area contributed by atoms with Crippen molar-refractivity contribution < 1.29 is 14.3 Å². The van der Waals surface area contributed by atoms with E-state index in [0.717, 1.165) is 29.7 Å². The van der Waals surface area contributed by atoms with Gasteiger partial charge in [0.05, 0.1) is 32.2 Å². The number of ether oxygens (including phenoxy) is 2. The first-order chi connectivity index (χ1) is 14.2. The lowest BCUT2D eigenvalue weighted by molar-refractivity contribution is 0.0302. The normalized spacial score (nSPS) is 14.2. The van der Waals surface area contributed by atoms with Crippen LogP contribution in [0, 0.1) is 0 Å². The number of nitrogens with one attached hydrogen (secondary N) is 2. The molecule has 0 spiro atoms. The molecule has 1 amide bonds. The molecular formula is C20H24N6O3. The number of H-pyrrole nitrogens is 1. The summed E-state index contributed by atoms with van der Waals surface area (Å²) in [4.78, 5) is 23.7. The lowest BCUT2D eigenvalue weighted by Crippen LogP contribution is -2.40. The zero-order valence-corrected chi connectivity index (χ0v) is 16.6. The van der Waals surface area contributed by atoms with E-state index in [1.807, 2.05) is 6.07 Å². The topological polar surface area (TPSA) is 105 Å². The van der Waals surface area contributed by atoms with Crippen molar-refractivity contribution in [1.29, 1.82) is 0 Å². The van der Waals surface area contributed by atoms with Crippen molar-refractivity contribution >= 4 is 28.4 Å². The van der Waals surface area contributed by atoms with E-state index in [0.29, 0.717) is 49.1 Å². The van der Waals surface area contributed by atoms with Crippen LogP contribution >= 0.6 is 0 Å². The van der Waals surface area contributed by atoms with Crippen LogP contribution in [0.4, 0.5) is 11.5 Å². The van der Waals surface area contributed by atoms with Crippen LogP contribution in [0.1, 0.15) is 29.5 Å². The molecule has 1 aliphatic rings. The second-order valence-corrected chi connectivity index (χ2v) is 6.81. The van der Waals surface area contributed by atoms with E-state index in [2.05, 4.69) is 32.4 Å². The molecule has 0 radical (unpaired) electrons. The van der Waals surface area contributed by atoms with Gasteiger partial charge in [0.25, 0.3) is 5.91 Å². The fraction of sp³-hybridized carbons (Fsp3) is 0.400. The number of hydrogen-bond acceptors (Lipinski definition) is 7. The maximum atomic E-state index is 12.8. The summed E-state index contributed by atoms with van der Waals surface area (Å²) in [5.41, 5.74) is 2.77. The highest BCUT2D eigenvalue weighted by Crippen LogP contribution is 2.31. The summed E-state index contributed by atoms with van der Waals surface area (Å²) in [7, 11) is 1.58. The Morgan fingerprint density at radius 3 is 2.90 bits per heavy atom. The molecule has 9 nitrogen and oxygen atoms in total. The average Bonchev–Trinajstić information content (AvgIpc) is 3.23. The second kappa shape index (κ2) is 8.44. The van der Waals surface area contributed by atoms with Gasteiger partial charge < -0.3 is 19.7 Å². The standard InChI is InChI=1S/C20H24N6O3/c1-3-4-17-22-15-12-21-25-18(15)19(24-17)23-14-6-5-13(11-16(14)28-2)20(27)26-7-9-29-10-8-26/h5-6,11-12H,3-4,7-10H2,1-2H3,(H,21,25)(H,22,23,24). The number of aryl methyl sites for hydroxylation is 1. The van der Waals surface area contributed by atoms with Crippen molar-refractivity contribution in [2.45, 2.75) is 19.8 Å². The Morgan fingerprint density at radius 2 is 2.14 bits per heavy atom. The molecule has 3 aromatic rings. The van der Waals surface area contributed by atoms with Gasteiger partial charge in [0.2, 0.25) is 0 Å². The molecule has 2 N–H and O–H groups in total. The highest BCUT2D eigenvalue weighted by Gasteiger charge is 2.20. The van der Waals surface area contributed by atoms with Crippen molar-refractivity contribution in [1.82, 2.24) is 25.1 Å². The molecule has 1 aliphatic heterocycles. The van der Waals surface area contributed by atoms with Crippen molar-refractivity contribution in [2.75, 3.05) is 38.7 Å². The summed E-state index contributed by atoms with van der Waals surface area (Å²) < 4.78 is 10.9. The zero-order chi connectivity index (χ0) is 20.2. The summed E-state index contributed by atoms with van der Waals surface area (Å²) in [6, 6.07) is 5.37. The van der Waals surface area contributed by atoms with Gasteiger partial charge in [-0.15, -0.1) is 0 Å². The Hall–Kier alpha value is -3.20. The van der Waals surface area contributed by atoms with E-state index in [4.69, 9.17) is 9.47 Å². The number of fused-ring (bicyclic) bond motifs is 1. The van der Waals surface area contributed by atoms with E-state index in [-0.39, 0.29) is 5.91 Å². The number of methoxy groups -OCH3 is 1. The molecule has 2 aromatic heterocycles. The maximum absolute atomic E-state index is 12.8. The van der Waals surface area contributed by atoms with Gasteiger partial charge in [-0.25, -0.2) is 9.97 Å². The van der Waals surface area contributed by atoms with Crippen molar-refractivity contribution in [3.8, 4) is 5.75 Å². The van der Waals surface area contributed by atoms with Gasteiger partial charge in [0, 0.05) is 25.1 Å². The molecule has 0 unspecified atom stereocenters. The minimum atomic E-state index is -0.0265. The number of aromatic amines is 1. The molecule has 1 saturated heterocycles. The molecule has 0 atom stereocenters. The Morgan fingerprint density at radius 1 is 1.31 bits per heavy atom. The highest BCUT2D eigenvalue weighted by atomic mass is 16.5. The monoisotopic (exact) mass is 396 g/mol. The van der Waals surface area contributed by atoms with E-state index < -0.39 is 0 Å². The fourth-order valence-corrected chi connectivity index (χ4v) is 3.32. The minimum Gasteiger partial charge on any atom is -0.495 e. The number of morpholine rings is 1. The summed E-state index contributed by atoms with van der Waals surface area (Å²) in [5.74, 6) is 1.91. The third-order valence-corrected chi connectivity index (χ3v) is 4.82. The second-order valence-electron chi connectivity index (χ2n) is 6.81. The maximum Gasteiger partial charge on any atom is 0.254 e. The van der Waals surface area contributed by atoms with Crippen molar-refractivity contribution in [2.24, 2.45) is 0 Å². The van der Waals surface area contributed by atoms with Crippen LogP contribution in [0.25, 0.3) is 11.0 Å². The summed E-state index contributed by atoms with van der Waals surface area (Å²) in [6.07, 6.45) is 3.41. The fourth-order valence-electron chi connectivity index (χ4n) is 3.32. The molecule has 29 heavy (non-hydrogen) atoms. The quantitative estimate of drug-likeness (QED) is 0.659. The van der Waals surface area contributed by atoms with E-state index >= 15 is 0 Å². The first kappa shape index (κ1) is 19.1. The Bertz CT molecular complexity index is 1010. The van der Waals surface area contributed by atoms with Crippen LogP contribution in [-0.4, -0.2) is 64.4 Å². The SMILES string of the molecule is CCCc1nc(Nc2ccc(C(=O)N3CCOCC3)cc2OC)c2[nH]ncc2n1. The molecule has 0 aliphatic carbocycles. The number of amides is 1. The number of carbonyl (C=O) groups is 1. The third-order valence-electron chi connectivity index (χ3n) is 4.82. The van der Waals surface area contributed by atoms with Crippen molar-refractivity contribution in [3.63, 3.8) is 0 Å². The van der Waals surface area contributed by atoms with Gasteiger partial charge in [-0.05, 0) is 24.6 Å². The zero-order valence-electron chi connectivity index (χ0n) is 16.6. The van der Waals surface area contributed by atoms with Crippen molar-refractivity contribution in [3.05, 3.63) is 35.8 Å². The van der Waals surface area contributed by atoms with Crippen LogP contribution in [0.5, 0.6) is 5.75 Å². The number of rotatable bonds is 6.